The van der Waals surface area contributed by atoms with E-state index in [9.17, 15) is 14.7 Å². The fourth-order valence-corrected chi connectivity index (χ4v) is 7.15. The third kappa shape index (κ3) is 5.34. The van der Waals surface area contributed by atoms with E-state index in [0.29, 0.717) is 24.2 Å². The standard InChI is InChI=1S/C31H40N4O4.ClH/c1-3-33-12-13-34(19-29(36)27-14-20-6-4-5-7-22(20)18-32-27)31(38)26-11-8-21(15-28(26)33)30(37)35-23-9-10-24(35)17-25(16-23)39-2;/h4-8,11,15,23-25,27,29,32,36H,3,9-10,12-14,16-19H2,1-2H3;1H/t23?,24?,25?,27-,29?;/m0./s1. The molecule has 3 unspecified atom stereocenters. The maximum atomic E-state index is 13.7. The van der Waals surface area contributed by atoms with Crippen LogP contribution in [0.15, 0.2) is 42.5 Å². The van der Waals surface area contributed by atoms with Crippen molar-refractivity contribution in [3.05, 3.63) is 64.7 Å². The Bertz CT molecular complexity index is 1230. The lowest BCUT2D eigenvalue weighted by atomic mass is 9.92. The molecule has 4 atom stereocenters. The molecule has 0 radical (unpaired) electrons. The van der Waals surface area contributed by atoms with Gasteiger partial charge in [-0.05, 0) is 68.4 Å². The summed E-state index contributed by atoms with van der Waals surface area (Å²) >= 11 is 0. The van der Waals surface area contributed by atoms with Crippen LogP contribution in [-0.2, 0) is 17.7 Å². The van der Waals surface area contributed by atoms with Crippen LogP contribution in [0.5, 0.6) is 0 Å². The Morgan fingerprint density at radius 1 is 1.07 bits per heavy atom. The van der Waals surface area contributed by atoms with Gasteiger partial charge in [0.15, 0.2) is 0 Å². The molecule has 0 aromatic heterocycles. The number of ether oxygens (including phenoxy) is 1. The predicted molar refractivity (Wildman–Crippen MR) is 157 cm³/mol. The Kier molecular flexibility index (Phi) is 8.71. The predicted octanol–water partition coefficient (Wildman–Crippen LogP) is 3.25. The molecular weight excluding hydrogens is 528 g/mol. The minimum absolute atomic E-state index is 0. The lowest BCUT2D eigenvalue weighted by Crippen LogP contribution is -2.50. The van der Waals surface area contributed by atoms with Crippen LogP contribution in [-0.4, -0.2) is 90.3 Å². The number of β-amino-alcohol motifs (C(OH)–C–C–N with tert-alkyl or cyclic N) is 1. The summed E-state index contributed by atoms with van der Waals surface area (Å²) in [6, 6.07) is 14.2. The molecule has 6 rings (SSSR count). The van der Waals surface area contributed by atoms with E-state index < -0.39 is 6.10 Å². The minimum atomic E-state index is -0.676. The number of likely N-dealkylation sites (N-methyl/N-ethyl adjacent to an activating group) is 1. The van der Waals surface area contributed by atoms with E-state index in [1.54, 1.807) is 12.0 Å². The molecule has 216 valence electrons. The number of carbonyl (C=O) groups excluding carboxylic acids is 2. The minimum Gasteiger partial charge on any atom is -0.390 e. The van der Waals surface area contributed by atoms with Gasteiger partial charge >= 0.3 is 0 Å². The molecule has 2 bridgehead atoms. The Balaban J connectivity index is 0.00000323. The van der Waals surface area contributed by atoms with Crippen LogP contribution in [0.3, 0.4) is 0 Å². The van der Waals surface area contributed by atoms with Crippen molar-refractivity contribution in [2.24, 2.45) is 0 Å². The molecule has 8 nitrogen and oxygen atoms in total. The number of carbonyl (C=O) groups is 2. The number of halogens is 1. The lowest BCUT2D eigenvalue weighted by molar-refractivity contribution is 0.00821. The molecule has 40 heavy (non-hydrogen) atoms. The molecule has 2 amide bonds. The summed E-state index contributed by atoms with van der Waals surface area (Å²) in [4.78, 5) is 33.5. The average molecular weight is 569 g/mol. The summed E-state index contributed by atoms with van der Waals surface area (Å²) in [5.41, 5.74) is 4.57. The molecule has 2 saturated heterocycles. The highest BCUT2D eigenvalue weighted by Gasteiger charge is 2.44. The molecule has 0 saturated carbocycles. The number of benzene rings is 2. The number of aliphatic hydroxyl groups is 1. The van der Waals surface area contributed by atoms with Gasteiger partial charge in [-0.3, -0.25) is 9.59 Å². The fraction of sp³-hybridized carbons (Fsp3) is 0.548. The number of piperidine rings is 1. The van der Waals surface area contributed by atoms with Gasteiger partial charge < -0.3 is 29.9 Å². The number of aliphatic hydroxyl groups excluding tert-OH is 1. The highest BCUT2D eigenvalue weighted by atomic mass is 35.5. The zero-order chi connectivity index (χ0) is 27.1. The van der Waals surface area contributed by atoms with Crippen LogP contribution in [0.1, 0.15) is 64.4 Å². The fourth-order valence-electron chi connectivity index (χ4n) is 7.15. The van der Waals surface area contributed by atoms with Gasteiger partial charge in [-0.2, -0.15) is 0 Å². The first-order chi connectivity index (χ1) is 19.0. The van der Waals surface area contributed by atoms with Crippen molar-refractivity contribution in [1.82, 2.24) is 15.1 Å². The second-order valence-corrected chi connectivity index (χ2v) is 11.5. The third-order valence-electron chi connectivity index (χ3n) is 9.37. The van der Waals surface area contributed by atoms with Gasteiger partial charge in [0.25, 0.3) is 11.8 Å². The van der Waals surface area contributed by atoms with E-state index in [1.165, 1.54) is 11.1 Å². The topological polar surface area (TPSA) is 85.3 Å². The maximum Gasteiger partial charge on any atom is 0.256 e. The molecule has 2 fully saturated rings. The highest BCUT2D eigenvalue weighted by molar-refractivity contribution is 6.03. The summed E-state index contributed by atoms with van der Waals surface area (Å²) < 4.78 is 5.62. The highest BCUT2D eigenvalue weighted by Crippen LogP contribution is 2.38. The molecule has 9 heteroatoms. The van der Waals surface area contributed by atoms with Gasteiger partial charge in [0.05, 0.1) is 23.5 Å². The second-order valence-electron chi connectivity index (χ2n) is 11.5. The van der Waals surface area contributed by atoms with Crippen LogP contribution in [0.2, 0.25) is 0 Å². The molecule has 4 aliphatic heterocycles. The average Bonchev–Trinajstić information content (AvgIpc) is 3.16. The van der Waals surface area contributed by atoms with Crippen molar-refractivity contribution < 1.29 is 19.4 Å². The Labute approximate surface area is 243 Å². The lowest BCUT2D eigenvalue weighted by Gasteiger charge is -2.38. The van der Waals surface area contributed by atoms with E-state index >= 15 is 0 Å². The summed E-state index contributed by atoms with van der Waals surface area (Å²) in [7, 11) is 1.76. The Hall–Kier alpha value is -2.65. The van der Waals surface area contributed by atoms with Crippen molar-refractivity contribution in [3.63, 3.8) is 0 Å². The van der Waals surface area contributed by atoms with Crippen molar-refractivity contribution in [2.45, 2.75) is 75.9 Å². The number of rotatable bonds is 6. The monoisotopic (exact) mass is 568 g/mol. The zero-order valence-corrected chi connectivity index (χ0v) is 24.2. The number of anilines is 1. The Morgan fingerprint density at radius 3 is 2.48 bits per heavy atom. The first-order valence-electron chi connectivity index (χ1n) is 14.5. The molecular formula is C31H41ClN4O4. The molecule has 2 aromatic carbocycles. The Morgan fingerprint density at radius 2 is 1.77 bits per heavy atom. The van der Waals surface area contributed by atoms with Crippen LogP contribution in [0.4, 0.5) is 5.69 Å². The number of hydrogen-bond acceptors (Lipinski definition) is 6. The quantitative estimate of drug-likeness (QED) is 0.556. The van der Waals surface area contributed by atoms with E-state index in [4.69, 9.17) is 4.74 Å². The number of hydrogen-bond donors (Lipinski definition) is 2. The van der Waals surface area contributed by atoms with E-state index in [0.717, 1.165) is 50.9 Å². The SMILES string of the molecule is CCN1CCN(CC(O)[C@@H]2Cc3ccccc3CN2)C(=O)c2ccc(C(=O)N3C4CCC3CC(OC)C4)cc21.Cl. The molecule has 0 spiro atoms. The summed E-state index contributed by atoms with van der Waals surface area (Å²) in [6.07, 6.45) is 4.13. The first-order valence-corrected chi connectivity index (χ1v) is 14.5. The molecule has 4 heterocycles. The zero-order valence-electron chi connectivity index (χ0n) is 23.4. The number of amides is 2. The smallest absolute Gasteiger partial charge is 0.256 e. The number of nitrogens with one attached hydrogen (secondary N) is 1. The van der Waals surface area contributed by atoms with Crippen molar-refractivity contribution in [2.75, 3.05) is 38.2 Å². The van der Waals surface area contributed by atoms with Crippen LogP contribution in [0, 0.1) is 0 Å². The number of nitrogens with zero attached hydrogens (tertiary/aromatic N) is 3. The van der Waals surface area contributed by atoms with E-state index in [1.807, 2.05) is 30.3 Å². The summed E-state index contributed by atoms with van der Waals surface area (Å²) in [5.74, 6) is -0.0280. The summed E-state index contributed by atoms with van der Waals surface area (Å²) in [5, 5.41) is 14.6. The first kappa shape index (κ1) is 28.9. The van der Waals surface area contributed by atoms with Crippen molar-refractivity contribution >= 4 is 29.9 Å². The number of fused-ring (bicyclic) bond motifs is 4. The maximum absolute atomic E-state index is 13.7. The van der Waals surface area contributed by atoms with Gasteiger partial charge in [-0.15, -0.1) is 12.4 Å². The molecule has 2 aromatic rings. The molecule has 4 aliphatic rings. The second kappa shape index (κ2) is 12.1. The van der Waals surface area contributed by atoms with Gasteiger partial charge in [-0.25, -0.2) is 0 Å². The van der Waals surface area contributed by atoms with Crippen LogP contribution >= 0.6 is 12.4 Å². The van der Waals surface area contributed by atoms with Crippen molar-refractivity contribution in [1.29, 1.82) is 0 Å². The normalized spacial score (nSPS) is 26.5. The third-order valence-corrected chi connectivity index (χ3v) is 9.37. The largest absolute Gasteiger partial charge is 0.390 e. The summed E-state index contributed by atoms with van der Waals surface area (Å²) in [6.45, 7) is 4.99. The molecule has 0 aliphatic carbocycles. The van der Waals surface area contributed by atoms with Crippen molar-refractivity contribution in [3.8, 4) is 0 Å². The van der Waals surface area contributed by atoms with Gasteiger partial charge in [0.2, 0.25) is 0 Å². The van der Waals surface area contributed by atoms with Crippen LogP contribution in [0.25, 0.3) is 0 Å². The van der Waals surface area contributed by atoms with E-state index in [-0.39, 0.29) is 55.0 Å². The number of methoxy groups -OCH3 is 1. The van der Waals surface area contributed by atoms with Crippen LogP contribution < -0.4 is 10.2 Å². The van der Waals surface area contributed by atoms with Gasteiger partial charge in [-0.1, -0.05) is 24.3 Å². The van der Waals surface area contributed by atoms with E-state index in [2.05, 4.69) is 34.2 Å². The molecule has 2 N–H and O–H groups in total. The van der Waals surface area contributed by atoms with Gasteiger partial charge in [0, 0.05) is 63.5 Å². The van der Waals surface area contributed by atoms with Gasteiger partial charge in [0.1, 0.15) is 0 Å².